The molecule has 1 heterocycles. The van der Waals surface area contributed by atoms with E-state index in [-0.39, 0.29) is 34.9 Å². The third kappa shape index (κ3) is 4.88. The van der Waals surface area contributed by atoms with E-state index in [1.807, 2.05) is 0 Å². The van der Waals surface area contributed by atoms with Crippen LogP contribution in [0, 0.1) is 5.82 Å². The van der Waals surface area contributed by atoms with Crippen molar-refractivity contribution in [1.82, 2.24) is 4.98 Å². The van der Waals surface area contributed by atoms with Gasteiger partial charge in [-0.1, -0.05) is 18.2 Å². The molecule has 9 heteroatoms. The molecule has 1 aliphatic rings. The standard InChI is InChI=1S/C25H20F4N2O3/c26-22-7-2-1-4-14(22)13-34-23-21(11-17(12-31-23)25(27,28)29)20-6-3-5-19(20)15-8-16(24(32)33)10-18(30)9-15/h1-2,4,7-12H,3,5-6,13,30H2,(H,32,33)/p-1. The lowest BCUT2D eigenvalue weighted by Crippen LogP contribution is -2.22. The lowest BCUT2D eigenvalue weighted by molar-refractivity contribution is -0.255. The van der Waals surface area contributed by atoms with Gasteiger partial charge in [0.1, 0.15) is 12.4 Å². The highest BCUT2D eigenvalue weighted by molar-refractivity contribution is 5.96. The normalized spacial score (nSPS) is 13.9. The molecule has 0 aliphatic heterocycles. The first kappa shape index (κ1) is 23.3. The van der Waals surface area contributed by atoms with Crippen LogP contribution in [0.25, 0.3) is 11.1 Å². The molecule has 2 N–H and O–H groups in total. The number of rotatable bonds is 6. The lowest BCUT2D eigenvalue weighted by Gasteiger charge is -2.17. The highest BCUT2D eigenvalue weighted by atomic mass is 19.4. The molecule has 0 amide bonds. The summed E-state index contributed by atoms with van der Waals surface area (Å²) in [6, 6.07) is 11.1. The first-order valence-corrected chi connectivity index (χ1v) is 10.4. The van der Waals surface area contributed by atoms with Crippen LogP contribution in [0.5, 0.6) is 5.88 Å². The van der Waals surface area contributed by atoms with E-state index in [0.717, 1.165) is 6.07 Å². The van der Waals surface area contributed by atoms with Crippen molar-refractivity contribution in [2.45, 2.75) is 32.0 Å². The molecule has 0 spiro atoms. The topological polar surface area (TPSA) is 88.3 Å². The third-order valence-electron chi connectivity index (χ3n) is 5.58. The second-order valence-electron chi connectivity index (χ2n) is 7.90. The maximum absolute atomic E-state index is 14.0. The van der Waals surface area contributed by atoms with E-state index in [4.69, 9.17) is 10.5 Å². The summed E-state index contributed by atoms with van der Waals surface area (Å²) in [5, 5.41) is 11.4. The SMILES string of the molecule is Nc1cc(C(=O)[O-])cc(C2=C(c3cc(C(F)(F)F)cnc3OCc3ccccc3F)CCC2)c1. The minimum Gasteiger partial charge on any atom is -0.545 e. The second kappa shape index (κ2) is 9.17. The number of aromatic nitrogens is 1. The van der Waals surface area contributed by atoms with E-state index in [1.165, 1.54) is 30.3 Å². The first-order valence-electron chi connectivity index (χ1n) is 10.4. The monoisotopic (exact) mass is 471 g/mol. The van der Waals surface area contributed by atoms with Gasteiger partial charge in [-0.05, 0) is 71.9 Å². The number of hydrogen-bond donors (Lipinski definition) is 1. The van der Waals surface area contributed by atoms with E-state index in [2.05, 4.69) is 4.98 Å². The van der Waals surface area contributed by atoms with E-state index in [9.17, 15) is 27.5 Å². The number of carbonyl (C=O) groups is 1. The molecule has 0 radical (unpaired) electrons. The zero-order chi connectivity index (χ0) is 24.5. The molecule has 5 nitrogen and oxygen atoms in total. The summed E-state index contributed by atoms with van der Waals surface area (Å²) in [6.07, 6.45) is -2.42. The van der Waals surface area contributed by atoms with Gasteiger partial charge in [-0.3, -0.25) is 0 Å². The number of ether oxygens (including phenoxy) is 1. The van der Waals surface area contributed by atoms with Crippen LogP contribution in [0.4, 0.5) is 23.2 Å². The molecule has 0 unspecified atom stereocenters. The van der Waals surface area contributed by atoms with Crippen LogP contribution in [0.2, 0.25) is 0 Å². The van der Waals surface area contributed by atoms with Crippen molar-refractivity contribution < 1.29 is 32.2 Å². The van der Waals surface area contributed by atoms with E-state index >= 15 is 0 Å². The molecule has 0 atom stereocenters. The van der Waals surface area contributed by atoms with Crippen molar-refractivity contribution in [3.05, 3.63) is 88.4 Å². The molecule has 0 saturated carbocycles. The molecule has 1 aromatic heterocycles. The quantitative estimate of drug-likeness (QED) is 0.410. The Balaban J connectivity index is 1.82. The molecule has 2 aromatic carbocycles. The van der Waals surface area contributed by atoms with Gasteiger partial charge in [-0.2, -0.15) is 13.2 Å². The number of nitrogens with zero attached hydrogens (tertiary/aromatic N) is 1. The lowest BCUT2D eigenvalue weighted by atomic mass is 9.95. The molecule has 176 valence electrons. The highest BCUT2D eigenvalue weighted by Gasteiger charge is 2.33. The van der Waals surface area contributed by atoms with Crippen LogP contribution in [-0.2, 0) is 12.8 Å². The van der Waals surface area contributed by atoms with Crippen LogP contribution in [0.3, 0.4) is 0 Å². The predicted octanol–water partition coefficient (Wildman–Crippen LogP) is 4.86. The van der Waals surface area contributed by atoms with Gasteiger partial charge in [-0.25, -0.2) is 9.37 Å². The average Bonchev–Trinajstić information content (AvgIpc) is 3.27. The number of nitrogens with two attached hydrogens (primary N) is 1. The van der Waals surface area contributed by atoms with Crippen molar-refractivity contribution >= 4 is 22.8 Å². The Labute approximate surface area is 192 Å². The minimum atomic E-state index is -4.63. The summed E-state index contributed by atoms with van der Waals surface area (Å²) in [5.74, 6) is -2.00. The molecule has 34 heavy (non-hydrogen) atoms. The number of halogens is 4. The fourth-order valence-corrected chi connectivity index (χ4v) is 4.00. The molecule has 1 aliphatic carbocycles. The smallest absolute Gasteiger partial charge is 0.417 e. The number of aromatic carboxylic acids is 1. The Kier molecular flexibility index (Phi) is 6.28. The number of pyridine rings is 1. The molecule has 4 rings (SSSR count). The fourth-order valence-electron chi connectivity index (χ4n) is 4.00. The molecular weight excluding hydrogens is 452 g/mol. The van der Waals surface area contributed by atoms with Crippen molar-refractivity contribution in [2.75, 3.05) is 5.73 Å². The van der Waals surface area contributed by atoms with E-state index < -0.39 is 23.5 Å². The summed E-state index contributed by atoms with van der Waals surface area (Å²) in [7, 11) is 0. The number of anilines is 1. The number of allylic oxidation sites excluding steroid dienone is 2. The van der Waals surface area contributed by atoms with Gasteiger partial charge in [0.15, 0.2) is 0 Å². The van der Waals surface area contributed by atoms with Crippen molar-refractivity contribution in [3.63, 3.8) is 0 Å². The van der Waals surface area contributed by atoms with E-state index in [1.54, 1.807) is 12.1 Å². The Morgan fingerprint density at radius 3 is 2.53 bits per heavy atom. The Hall–Kier alpha value is -3.88. The number of carboxylic acid groups (broad SMARTS) is 1. The van der Waals surface area contributed by atoms with Crippen LogP contribution >= 0.6 is 0 Å². The Morgan fingerprint density at radius 1 is 1.09 bits per heavy atom. The third-order valence-corrected chi connectivity index (χ3v) is 5.58. The van der Waals surface area contributed by atoms with Crippen LogP contribution in [0.1, 0.15) is 51.9 Å². The van der Waals surface area contributed by atoms with Crippen LogP contribution in [0.15, 0.2) is 54.7 Å². The van der Waals surface area contributed by atoms with Gasteiger partial charge < -0.3 is 20.4 Å². The van der Waals surface area contributed by atoms with Gasteiger partial charge >= 0.3 is 6.18 Å². The van der Waals surface area contributed by atoms with Crippen molar-refractivity contribution in [2.24, 2.45) is 0 Å². The zero-order valence-electron chi connectivity index (χ0n) is 17.8. The van der Waals surface area contributed by atoms with Gasteiger partial charge in [-0.15, -0.1) is 0 Å². The zero-order valence-corrected chi connectivity index (χ0v) is 17.8. The van der Waals surface area contributed by atoms with Crippen LogP contribution in [-0.4, -0.2) is 11.0 Å². The maximum atomic E-state index is 14.0. The number of carboxylic acids is 1. The molecule has 0 saturated heterocycles. The summed E-state index contributed by atoms with van der Waals surface area (Å²) in [6.45, 7) is -0.228. The highest BCUT2D eigenvalue weighted by Crippen LogP contribution is 2.44. The summed E-state index contributed by atoms with van der Waals surface area (Å²) >= 11 is 0. The molecule has 0 bridgehead atoms. The number of benzene rings is 2. The summed E-state index contributed by atoms with van der Waals surface area (Å²) in [5.41, 5.74) is 6.96. The number of carbonyl (C=O) groups excluding carboxylic acids is 1. The van der Waals surface area contributed by atoms with Crippen molar-refractivity contribution in [1.29, 1.82) is 0 Å². The number of hydrogen-bond acceptors (Lipinski definition) is 5. The largest absolute Gasteiger partial charge is 0.545 e. The second-order valence-corrected chi connectivity index (χ2v) is 7.90. The Morgan fingerprint density at radius 2 is 1.82 bits per heavy atom. The molecular formula is C25H19F4N2O3-. The molecule has 3 aromatic rings. The minimum absolute atomic E-state index is 0.0744. The van der Waals surface area contributed by atoms with Gasteiger partial charge in [0, 0.05) is 23.0 Å². The maximum Gasteiger partial charge on any atom is 0.417 e. The predicted molar refractivity (Wildman–Crippen MR) is 116 cm³/mol. The van der Waals surface area contributed by atoms with Gasteiger partial charge in [0.05, 0.1) is 11.5 Å². The fraction of sp³-hybridized carbons (Fsp3) is 0.200. The summed E-state index contributed by atoms with van der Waals surface area (Å²) < 4.78 is 60.1. The number of alkyl halides is 3. The van der Waals surface area contributed by atoms with Gasteiger partial charge in [0.2, 0.25) is 5.88 Å². The average molecular weight is 471 g/mol. The first-order chi connectivity index (χ1) is 16.1. The summed E-state index contributed by atoms with van der Waals surface area (Å²) in [4.78, 5) is 15.3. The van der Waals surface area contributed by atoms with Crippen LogP contribution < -0.4 is 15.6 Å². The number of nitrogen functional groups attached to an aromatic ring is 1. The van der Waals surface area contributed by atoms with E-state index in [0.29, 0.717) is 42.2 Å². The molecule has 0 fully saturated rings. The van der Waals surface area contributed by atoms with Crippen molar-refractivity contribution in [3.8, 4) is 5.88 Å². The Bertz CT molecular complexity index is 1290. The van der Waals surface area contributed by atoms with Gasteiger partial charge in [0.25, 0.3) is 0 Å².